The molecule has 114 valence electrons. The highest BCUT2D eigenvalue weighted by Gasteiger charge is 2.17. The highest BCUT2D eigenvalue weighted by molar-refractivity contribution is 5.91. The maximum Gasteiger partial charge on any atom is 0.338 e. The lowest BCUT2D eigenvalue weighted by Crippen LogP contribution is -2.23. The number of rotatable bonds is 4. The maximum atomic E-state index is 11.9. The summed E-state index contributed by atoms with van der Waals surface area (Å²) < 4.78 is 5.33. The summed E-state index contributed by atoms with van der Waals surface area (Å²) >= 11 is 0. The van der Waals surface area contributed by atoms with Gasteiger partial charge in [0.05, 0.1) is 12.1 Å². The molecule has 0 radical (unpaired) electrons. The number of benzene rings is 2. The molecule has 0 heterocycles. The van der Waals surface area contributed by atoms with Crippen molar-refractivity contribution in [1.29, 1.82) is 0 Å². The van der Waals surface area contributed by atoms with E-state index in [4.69, 9.17) is 4.74 Å². The minimum absolute atomic E-state index is 0.305. The average Bonchev–Trinajstić information content (AvgIpc) is 2.47. The Labute approximate surface area is 131 Å². The van der Waals surface area contributed by atoms with E-state index in [0.29, 0.717) is 12.1 Å². The second-order valence-corrected chi connectivity index (χ2v) is 6.08. The van der Waals surface area contributed by atoms with Crippen LogP contribution in [0.15, 0.2) is 59.6 Å². The lowest BCUT2D eigenvalue weighted by molar-refractivity contribution is 0.00695. The van der Waals surface area contributed by atoms with Crippen LogP contribution in [0.3, 0.4) is 0 Å². The SMILES string of the molecule is CC(C)(C)OC(=O)c1ccc(C=NCc2ccccc2)cc1. The van der Waals surface area contributed by atoms with Crippen LogP contribution >= 0.6 is 0 Å². The van der Waals surface area contributed by atoms with Gasteiger partial charge in [-0.25, -0.2) is 4.79 Å². The fraction of sp³-hybridized carbons (Fsp3) is 0.263. The van der Waals surface area contributed by atoms with Gasteiger partial charge in [0.15, 0.2) is 0 Å². The third-order valence-electron chi connectivity index (χ3n) is 2.90. The molecule has 0 unspecified atom stereocenters. The summed E-state index contributed by atoms with van der Waals surface area (Å²) in [4.78, 5) is 16.3. The second kappa shape index (κ2) is 7.03. The quantitative estimate of drug-likeness (QED) is 0.624. The van der Waals surface area contributed by atoms with Crippen LogP contribution in [0.25, 0.3) is 0 Å². The van der Waals surface area contributed by atoms with Crippen molar-refractivity contribution in [3.8, 4) is 0 Å². The minimum atomic E-state index is -0.479. The molecular weight excluding hydrogens is 274 g/mol. The van der Waals surface area contributed by atoms with Crippen LogP contribution in [0.4, 0.5) is 0 Å². The number of hydrogen-bond donors (Lipinski definition) is 0. The minimum Gasteiger partial charge on any atom is -0.456 e. The van der Waals surface area contributed by atoms with Crippen LogP contribution < -0.4 is 0 Å². The summed E-state index contributed by atoms with van der Waals surface area (Å²) in [6.45, 7) is 6.22. The van der Waals surface area contributed by atoms with E-state index in [9.17, 15) is 4.79 Å². The van der Waals surface area contributed by atoms with E-state index in [-0.39, 0.29) is 5.97 Å². The monoisotopic (exact) mass is 295 g/mol. The van der Waals surface area contributed by atoms with Crippen molar-refractivity contribution in [2.45, 2.75) is 32.9 Å². The summed E-state index contributed by atoms with van der Waals surface area (Å²) in [5.41, 5.74) is 2.20. The molecule has 0 aromatic heterocycles. The van der Waals surface area contributed by atoms with Gasteiger partial charge < -0.3 is 4.74 Å². The van der Waals surface area contributed by atoms with Gasteiger partial charge in [0.25, 0.3) is 0 Å². The summed E-state index contributed by atoms with van der Waals surface area (Å²) in [5, 5.41) is 0. The molecule has 2 aromatic carbocycles. The van der Waals surface area contributed by atoms with E-state index in [1.807, 2.05) is 69.5 Å². The smallest absolute Gasteiger partial charge is 0.338 e. The van der Waals surface area contributed by atoms with Gasteiger partial charge in [0.2, 0.25) is 0 Å². The number of carbonyl (C=O) groups is 1. The lowest BCUT2D eigenvalue weighted by atomic mass is 10.1. The zero-order valence-electron chi connectivity index (χ0n) is 13.2. The van der Waals surface area contributed by atoms with Gasteiger partial charge in [0.1, 0.15) is 5.60 Å². The molecule has 2 aromatic rings. The summed E-state index contributed by atoms with van der Waals surface area (Å²) in [5.74, 6) is -0.305. The molecular formula is C19H21NO2. The summed E-state index contributed by atoms with van der Waals surface area (Å²) in [6, 6.07) is 17.3. The number of hydrogen-bond acceptors (Lipinski definition) is 3. The second-order valence-electron chi connectivity index (χ2n) is 6.08. The van der Waals surface area contributed by atoms with Gasteiger partial charge in [-0.3, -0.25) is 4.99 Å². The molecule has 0 aliphatic heterocycles. The predicted molar refractivity (Wildman–Crippen MR) is 89.4 cm³/mol. The Kier molecular flexibility index (Phi) is 5.10. The van der Waals surface area contributed by atoms with Crippen LogP contribution in [0.2, 0.25) is 0 Å². The first kappa shape index (κ1) is 16.0. The first-order valence-electron chi connectivity index (χ1n) is 7.31. The highest BCUT2D eigenvalue weighted by Crippen LogP contribution is 2.12. The lowest BCUT2D eigenvalue weighted by Gasteiger charge is -2.19. The van der Waals surface area contributed by atoms with Crippen molar-refractivity contribution in [1.82, 2.24) is 0 Å². The van der Waals surface area contributed by atoms with E-state index >= 15 is 0 Å². The number of nitrogens with zero attached hydrogens (tertiary/aromatic N) is 1. The Morgan fingerprint density at radius 2 is 1.68 bits per heavy atom. The normalized spacial score (nSPS) is 11.6. The molecule has 0 saturated heterocycles. The average molecular weight is 295 g/mol. The highest BCUT2D eigenvalue weighted by atomic mass is 16.6. The first-order chi connectivity index (χ1) is 10.4. The molecule has 22 heavy (non-hydrogen) atoms. The van der Waals surface area contributed by atoms with Crippen molar-refractivity contribution in [2.75, 3.05) is 0 Å². The third kappa shape index (κ3) is 5.17. The Bertz CT molecular complexity index is 637. The van der Waals surface area contributed by atoms with Crippen molar-refractivity contribution in [3.05, 3.63) is 71.3 Å². The fourth-order valence-corrected chi connectivity index (χ4v) is 1.88. The molecule has 0 fully saturated rings. The van der Waals surface area contributed by atoms with Crippen LogP contribution in [0.5, 0.6) is 0 Å². The first-order valence-corrected chi connectivity index (χ1v) is 7.31. The Morgan fingerprint density at radius 1 is 1.05 bits per heavy atom. The van der Waals surface area contributed by atoms with E-state index in [0.717, 1.165) is 5.56 Å². The molecule has 0 aliphatic rings. The number of aliphatic imine (C=N–C) groups is 1. The van der Waals surface area contributed by atoms with Gasteiger partial charge in [-0.1, -0.05) is 42.5 Å². The van der Waals surface area contributed by atoms with Gasteiger partial charge in [0, 0.05) is 6.21 Å². The molecule has 3 nitrogen and oxygen atoms in total. The van der Waals surface area contributed by atoms with Gasteiger partial charge in [-0.2, -0.15) is 0 Å². The van der Waals surface area contributed by atoms with E-state index in [1.165, 1.54) is 5.56 Å². The van der Waals surface area contributed by atoms with Gasteiger partial charge in [-0.15, -0.1) is 0 Å². The third-order valence-corrected chi connectivity index (χ3v) is 2.90. The van der Waals surface area contributed by atoms with Crippen molar-refractivity contribution < 1.29 is 9.53 Å². The Hall–Kier alpha value is -2.42. The number of esters is 1. The molecule has 0 bridgehead atoms. The Balaban J connectivity index is 1.96. The topological polar surface area (TPSA) is 38.7 Å². The van der Waals surface area contributed by atoms with Gasteiger partial charge >= 0.3 is 5.97 Å². The molecule has 0 amide bonds. The molecule has 2 rings (SSSR count). The molecule has 0 aliphatic carbocycles. The van der Waals surface area contributed by atoms with Crippen LogP contribution in [0, 0.1) is 0 Å². The van der Waals surface area contributed by atoms with Crippen LogP contribution in [-0.2, 0) is 11.3 Å². The largest absolute Gasteiger partial charge is 0.456 e. The van der Waals surface area contributed by atoms with E-state index < -0.39 is 5.60 Å². The molecule has 0 atom stereocenters. The summed E-state index contributed by atoms with van der Waals surface area (Å²) in [6.07, 6.45) is 1.81. The van der Waals surface area contributed by atoms with Crippen LogP contribution in [0.1, 0.15) is 42.3 Å². The van der Waals surface area contributed by atoms with E-state index in [2.05, 4.69) is 4.99 Å². The van der Waals surface area contributed by atoms with Gasteiger partial charge in [-0.05, 0) is 44.0 Å². The summed E-state index contributed by atoms with van der Waals surface area (Å²) in [7, 11) is 0. The zero-order chi connectivity index (χ0) is 16.0. The molecule has 0 saturated carbocycles. The van der Waals surface area contributed by atoms with Crippen molar-refractivity contribution in [2.24, 2.45) is 4.99 Å². The zero-order valence-corrected chi connectivity index (χ0v) is 13.2. The number of carbonyl (C=O) groups excluding carboxylic acids is 1. The molecule has 0 N–H and O–H groups in total. The predicted octanol–water partition coefficient (Wildman–Crippen LogP) is 4.26. The molecule has 0 spiro atoms. The Morgan fingerprint density at radius 3 is 2.27 bits per heavy atom. The van der Waals surface area contributed by atoms with Crippen molar-refractivity contribution >= 4 is 12.2 Å². The van der Waals surface area contributed by atoms with Crippen LogP contribution in [-0.4, -0.2) is 17.8 Å². The van der Waals surface area contributed by atoms with Crippen molar-refractivity contribution in [3.63, 3.8) is 0 Å². The maximum absolute atomic E-state index is 11.9. The standard InChI is InChI=1S/C19H21NO2/c1-19(2,3)22-18(21)17-11-9-16(10-12-17)14-20-13-15-7-5-4-6-8-15/h4-12,14H,13H2,1-3H3. The number of ether oxygens (including phenoxy) is 1. The molecule has 3 heteroatoms. The van der Waals surface area contributed by atoms with E-state index in [1.54, 1.807) is 12.1 Å². The fourth-order valence-electron chi connectivity index (χ4n) is 1.88.